The predicted molar refractivity (Wildman–Crippen MR) is 106 cm³/mol. The third-order valence-corrected chi connectivity index (χ3v) is 6.41. The van der Waals surface area contributed by atoms with Gasteiger partial charge in [-0.2, -0.15) is 0 Å². The Morgan fingerprint density at radius 3 is 2.71 bits per heavy atom. The monoisotopic (exact) mass is 401 g/mol. The first-order chi connectivity index (χ1) is 13.4. The normalized spacial score (nSPS) is 16.8. The maximum absolute atomic E-state index is 12.7. The van der Waals surface area contributed by atoms with Crippen LogP contribution in [0.25, 0.3) is 0 Å². The Labute approximate surface area is 164 Å². The zero-order valence-corrected chi connectivity index (χ0v) is 16.6. The van der Waals surface area contributed by atoms with Gasteiger partial charge in [-0.3, -0.25) is 4.79 Å². The molecule has 0 saturated carbocycles. The van der Waals surface area contributed by atoms with E-state index in [9.17, 15) is 13.2 Å². The number of rotatable bonds is 5. The minimum atomic E-state index is -3.69. The number of carbonyl (C=O) groups is 1. The topological polar surface area (TPSA) is 104 Å². The summed E-state index contributed by atoms with van der Waals surface area (Å²) in [5.41, 5.74) is 2.97. The van der Waals surface area contributed by atoms with E-state index in [4.69, 9.17) is 0 Å². The van der Waals surface area contributed by atoms with Crippen molar-refractivity contribution in [3.8, 4) is 0 Å². The fourth-order valence-corrected chi connectivity index (χ4v) is 4.59. The highest BCUT2D eigenvalue weighted by atomic mass is 32.2. The highest BCUT2D eigenvalue weighted by Crippen LogP contribution is 2.25. The van der Waals surface area contributed by atoms with Crippen LogP contribution in [0.4, 0.5) is 11.6 Å². The summed E-state index contributed by atoms with van der Waals surface area (Å²) < 4.78 is 28.1. The van der Waals surface area contributed by atoms with Crippen LogP contribution in [0.2, 0.25) is 0 Å². The molecule has 0 spiro atoms. The second kappa shape index (κ2) is 7.48. The largest absolute Gasteiger partial charge is 0.341 e. The molecule has 8 nitrogen and oxygen atoms in total. The number of benzene rings is 1. The van der Waals surface area contributed by atoms with Gasteiger partial charge in [-0.05, 0) is 56.0 Å². The summed E-state index contributed by atoms with van der Waals surface area (Å²) in [4.78, 5) is 22.8. The van der Waals surface area contributed by atoms with Gasteiger partial charge >= 0.3 is 0 Å². The van der Waals surface area contributed by atoms with Crippen molar-refractivity contribution < 1.29 is 13.2 Å². The summed E-state index contributed by atoms with van der Waals surface area (Å²) in [5, 5.41) is 2.76. The molecular weight excluding hydrogens is 378 g/mol. The van der Waals surface area contributed by atoms with Gasteiger partial charge in [0.25, 0.3) is 0 Å². The molecule has 0 radical (unpaired) electrons. The molecule has 0 bridgehead atoms. The van der Waals surface area contributed by atoms with Crippen LogP contribution in [0.3, 0.4) is 0 Å². The van der Waals surface area contributed by atoms with E-state index >= 15 is 0 Å². The van der Waals surface area contributed by atoms with E-state index in [0.29, 0.717) is 30.2 Å². The first kappa shape index (κ1) is 18.8. The van der Waals surface area contributed by atoms with Crippen LogP contribution >= 0.6 is 0 Å². The fraction of sp³-hybridized carbons (Fsp3) is 0.421. The zero-order chi connectivity index (χ0) is 19.7. The Balaban J connectivity index is 1.50. The number of anilines is 2. The van der Waals surface area contributed by atoms with Crippen LogP contribution in [-0.2, 0) is 27.8 Å². The number of nitrogens with one attached hydrogen (secondary N) is 2. The molecule has 4 rings (SSSR count). The van der Waals surface area contributed by atoms with Gasteiger partial charge < -0.3 is 10.2 Å². The molecule has 1 amide bonds. The van der Waals surface area contributed by atoms with Gasteiger partial charge in [0.2, 0.25) is 21.9 Å². The smallest absolute Gasteiger partial charge is 0.240 e. The van der Waals surface area contributed by atoms with Crippen molar-refractivity contribution in [2.75, 3.05) is 23.3 Å². The standard InChI is InChI=1S/C19H23N5O3S/c1-13-10-15(22-19(21-13)24-8-2-3-9-24)12-20-28(26,27)16-5-6-17-14(11-16)4-7-18(25)23-17/h5-6,10-11,20H,2-4,7-9,12H2,1H3,(H,23,25). The van der Waals surface area contributed by atoms with E-state index in [2.05, 4.69) is 24.9 Å². The third-order valence-electron chi connectivity index (χ3n) is 5.01. The number of hydrogen-bond acceptors (Lipinski definition) is 6. The van der Waals surface area contributed by atoms with Crippen LogP contribution in [-0.4, -0.2) is 37.4 Å². The summed E-state index contributed by atoms with van der Waals surface area (Å²) in [5.74, 6) is 0.616. The van der Waals surface area contributed by atoms with E-state index in [1.165, 1.54) is 6.07 Å². The first-order valence-corrected chi connectivity index (χ1v) is 10.9. The average molecular weight is 401 g/mol. The molecule has 2 N–H and O–H groups in total. The zero-order valence-electron chi connectivity index (χ0n) is 15.7. The molecule has 9 heteroatoms. The Kier molecular flexibility index (Phi) is 5.03. The van der Waals surface area contributed by atoms with Crippen LogP contribution < -0.4 is 14.9 Å². The molecule has 148 valence electrons. The lowest BCUT2D eigenvalue weighted by atomic mass is 10.0. The van der Waals surface area contributed by atoms with E-state index in [1.54, 1.807) is 18.2 Å². The number of hydrogen-bond donors (Lipinski definition) is 2. The highest BCUT2D eigenvalue weighted by Gasteiger charge is 2.21. The Morgan fingerprint density at radius 1 is 1.14 bits per heavy atom. The summed E-state index contributed by atoms with van der Waals surface area (Å²) in [6.45, 7) is 3.85. The highest BCUT2D eigenvalue weighted by molar-refractivity contribution is 7.89. The van der Waals surface area contributed by atoms with Gasteiger partial charge in [0.15, 0.2) is 0 Å². The Hall–Kier alpha value is -2.52. The maximum Gasteiger partial charge on any atom is 0.240 e. The number of fused-ring (bicyclic) bond motifs is 1. The second-order valence-electron chi connectivity index (χ2n) is 7.19. The van der Waals surface area contributed by atoms with Gasteiger partial charge in [0.1, 0.15) is 0 Å². The van der Waals surface area contributed by atoms with Crippen molar-refractivity contribution in [3.63, 3.8) is 0 Å². The fourth-order valence-electron chi connectivity index (χ4n) is 3.55. The molecular formula is C19H23N5O3S. The summed E-state index contributed by atoms with van der Waals surface area (Å²) in [7, 11) is -3.69. The van der Waals surface area contributed by atoms with Gasteiger partial charge in [-0.25, -0.2) is 23.1 Å². The number of amides is 1. The maximum atomic E-state index is 12.7. The number of aromatic nitrogens is 2. The minimum Gasteiger partial charge on any atom is -0.341 e. The van der Waals surface area contributed by atoms with Gasteiger partial charge in [0.05, 0.1) is 17.1 Å². The molecule has 0 atom stereocenters. The van der Waals surface area contributed by atoms with Crippen LogP contribution in [0.1, 0.15) is 36.2 Å². The van der Waals surface area contributed by atoms with Crippen molar-refractivity contribution in [3.05, 3.63) is 41.2 Å². The summed E-state index contributed by atoms with van der Waals surface area (Å²) in [6.07, 6.45) is 3.15. The minimum absolute atomic E-state index is 0.0471. The molecule has 2 aromatic rings. The van der Waals surface area contributed by atoms with Crippen molar-refractivity contribution in [1.82, 2.24) is 14.7 Å². The molecule has 1 aromatic carbocycles. The van der Waals surface area contributed by atoms with Crippen molar-refractivity contribution in [2.24, 2.45) is 0 Å². The van der Waals surface area contributed by atoms with Crippen molar-refractivity contribution in [1.29, 1.82) is 0 Å². The molecule has 2 aliphatic heterocycles. The third kappa shape index (κ3) is 4.00. The van der Waals surface area contributed by atoms with E-state index in [1.807, 2.05) is 6.92 Å². The Bertz CT molecular complexity index is 1020. The predicted octanol–water partition coefficient (Wildman–Crippen LogP) is 1.75. The quantitative estimate of drug-likeness (QED) is 0.791. The van der Waals surface area contributed by atoms with Crippen LogP contribution in [0.5, 0.6) is 0 Å². The lowest BCUT2D eigenvalue weighted by Gasteiger charge is -2.18. The molecule has 1 saturated heterocycles. The van der Waals surface area contributed by atoms with E-state index < -0.39 is 10.0 Å². The van der Waals surface area contributed by atoms with Crippen molar-refractivity contribution in [2.45, 2.75) is 44.0 Å². The average Bonchev–Trinajstić information content (AvgIpc) is 3.20. The van der Waals surface area contributed by atoms with Crippen molar-refractivity contribution >= 4 is 27.6 Å². The second-order valence-corrected chi connectivity index (χ2v) is 8.95. The Morgan fingerprint density at radius 2 is 1.93 bits per heavy atom. The number of carbonyl (C=O) groups excluding carboxylic acids is 1. The van der Waals surface area contributed by atoms with Gasteiger partial charge in [-0.1, -0.05) is 0 Å². The molecule has 28 heavy (non-hydrogen) atoms. The summed E-state index contributed by atoms with van der Waals surface area (Å²) in [6, 6.07) is 6.57. The number of nitrogens with zero attached hydrogens (tertiary/aromatic N) is 3. The summed E-state index contributed by atoms with van der Waals surface area (Å²) >= 11 is 0. The van der Waals surface area contributed by atoms with Gasteiger partial charge in [0, 0.05) is 30.9 Å². The SMILES string of the molecule is Cc1cc(CNS(=O)(=O)c2ccc3c(c2)CCC(=O)N3)nc(N2CCCC2)n1. The molecule has 0 unspecified atom stereocenters. The van der Waals surface area contributed by atoms with Crippen LogP contribution in [0.15, 0.2) is 29.2 Å². The van der Waals surface area contributed by atoms with Crippen LogP contribution in [0, 0.1) is 6.92 Å². The molecule has 0 aliphatic carbocycles. The lowest BCUT2D eigenvalue weighted by molar-refractivity contribution is -0.116. The van der Waals surface area contributed by atoms with E-state index in [-0.39, 0.29) is 17.3 Å². The molecule has 1 aromatic heterocycles. The van der Waals surface area contributed by atoms with E-state index in [0.717, 1.165) is 37.2 Å². The van der Waals surface area contributed by atoms with Gasteiger partial charge in [-0.15, -0.1) is 0 Å². The number of sulfonamides is 1. The number of aryl methyl sites for hydroxylation is 2. The lowest BCUT2D eigenvalue weighted by Crippen LogP contribution is -2.26. The molecule has 1 fully saturated rings. The molecule has 2 aliphatic rings. The first-order valence-electron chi connectivity index (χ1n) is 9.43. The molecule has 3 heterocycles.